The van der Waals surface area contributed by atoms with Crippen molar-refractivity contribution in [3.05, 3.63) is 47.5 Å². The predicted octanol–water partition coefficient (Wildman–Crippen LogP) is 3.01. The normalized spacial score (nSPS) is 14.6. The largest absolute Gasteiger partial charge is 0.491 e. The zero-order valence-corrected chi connectivity index (χ0v) is 17.5. The molecule has 0 amide bonds. The number of esters is 1. The second-order valence-corrected chi connectivity index (χ2v) is 7.16. The quantitative estimate of drug-likeness (QED) is 0.353. The van der Waals surface area contributed by atoms with E-state index in [-0.39, 0.29) is 11.9 Å². The van der Waals surface area contributed by atoms with Gasteiger partial charge in [-0.2, -0.15) is 9.37 Å². The summed E-state index contributed by atoms with van der Waals surface area (Å²) in [5, 5.41) is 0. The lowest BCUT2D eigenvalue weighted by atomic mass is 9.97. The number of carbonyl (C=O) groups excluding carboxylic acids is 1. The molecule has 30 heavy (non-hydrogen) atoms. The summed E-state index contributed by atoms with van der Waals surface area (Å²) in [6, 6.07) is 7.50. The Morgan fingerprint density at radius 1 is 1.20 bits per heavy atom. The van der Waals surface area contributed by atoms with Crippen LogP contribution in [-0.4, -0.2) is 56.0 Å². The Morgan fingerprint density at radius 2 is 1.93 bits per heavy atom. The molecule has 0 spiro atoms. The van der Waals surface area contributed by atoms with Crippen LogP contribution in [0.15, 0.2) is 30.5 Å². The Bertz CT molecular complexity index is 824. The summed E-state index contributed by atoms with van der Waals surface area (Å²) in [5.74, 6) is 0.323. The van der Waals surface area contributed by atoms with Crippen molar-refractivity contribution < 1.29 is 23.4 Å². The number of benzene rings is 1. The first-order chi connectivity index (χ1) is 14.6. The Balaban J connectivity index is 1.56. The number of anilines is 1. The van der Waals surface area contributed by atoms with Crippen LogP contribution in [0.1, 0.15) is 30.9 Å². The summed E-state index contributed by atoms with van der Waals surface area (Å²) in [6.07, 6.45) is 3.25. The van der Waals surface area contributed by atoms with Crippen molar-refractivity contribution in [3.8, 4) is 5.75 Å². The third kappa shape index (κ3) is 5.89. The topological polar surface area (TPSA) is 73.8 Å². The van der Waals surface area contributed by atoms with Gasteiger partial charge in [-0.25, -0.2) is 4.98 Å². The van der Waals surface area contributed by atoms with Crippen LogP contribution in [0.2, 0.25) is 0 Å². The number of aromatic nitrogens is 2. The van der Waals surface area contributed by atoms with Crippen LogP contribution in [0.5, 0.6) is 5.75 Å². The highest BCUT2D eigenvalue weighted by Gasteiger charge is 2.27. The van der Waals surface area contributed by atoms with E-state index in [0.717, 1.165) is 11.3 Å². The SMILES string of the molecule is CCOC(=O)C1CCN(c2ncc(Cc3ccc(OCCOC)cc3)c(F)n2)CC1. The minimum absolute atomic E-state index is 0.105. The maximum Gasteiger partial charge on any atom is 0.309 e. The van der Waals surface area contributed by atoms with Crippen molar-refractivity contribution in [1.29, 1.82) is 0 Å². The van der Waals surface area contributed by atoms with Crippen molar-refractivity contribution in [2.45, 2.75) is 26.2 Å². The van der Waals surface area contributed by atoms with Crippen molar-refractivity contribution >= 4 is 11.9 Å². The maximum absolute atomic E-state index is 14.6. The predicted molar refractivity (Wildman–Crippen MR) is 110 cm³/mol. The molecule has 0 atom stereocenters. The van der Waals surface area contributed by atoms with E-state index >= 15 is 0 Å². The Kier molecular flexibility index (Phi) is 7.96. The van der Waals surface area contributed by atoms with E-state index in [1.807, 2.05) is 29.2 Å². The summed E-state index contributed by atoms with van der Waals surface area (Å²) in [5.41, 5.74) is 1.38. The first-order valence-corrected chi connectivity index (χ1v) is 10.2. The smallest absolute Gasteiger partial charge is 0.309 e. The number of methoxy groups -OCH3 is 1. The standard InChI is InChI=1S/C22H28FN3O4/c1-3-29-21(27)17-8-10-26(11-9-17)22-24-15-18(20(23)25-22)14-16-4-6-19(7-5-16)30-13-12-28-2/h4-7,15,17H,3,8-14H2,1-2H3. The Hall–Kier alpha value is -2.74. The molecule has 0 saturated carbocycles. The van der Waals surface area contributed by atoms with Gasteiger partial charge in [-0.15, -0.1) is 0 Å². The van der Waals surface area contributed by atoms with Gasteiger partial charge < -0.3 is 19.1 Å². The molecule has 0 unspecified atom stereocenters. The van der Waals surface area contributed by atoms with Crippen LogP contribution in [0, 0.1) is 11.9 Å². The number of hydrogen-bond acceptors (Lipinski definition) is 7. The average Bonchev–Trinajstić information content (AvgIpc) is 2.77. The van der Waals surface area contributed by atoms with Crippen molar-refractivity contribution in [2.24, 2.45) is 5.92 Å². The highest BCUT2D eigenvalue weighted by atomic mass is 19.1. The third-order valence-electron chi connectivity index (χ3n) is 5.07. The number of nitrogens with zero attached hydrogens (tertiary/aromatic N) is 3. The summed E-state index contributed by atoms with van der Waals surface area (Å²) in [7, 11) is 1.62. The molecule has 7 nitrogen and oxygen atoms in total. The van der Waals surface area contributed by atoms with E-state index in [9.17, 15) is 9.18 Å². The minimum Gasteiger partial charge on any atom is -0.491 e. The second kappa shape index (κ2) is 10.9. The fraction of sp³-hybridized carbons (Fsp3) is 0.500. The minimum atomic E-state index is -0.520. The summed E-state index contributed by atoms with van der Waals surface area (Å²) in [4.78, 5) is 22.2. The summed E-state index contributed by atoms with van der Waals surface area (Å²) < 4.78 is 30.2. The average molecular weight is 417 g/mol. The molecule has 1 aliphatic heterocycles. The van der Waals surface area contributed by atoms with Gasteiger partial charge in [-0.05, 0) is 37.5 Å². The van der Waals surface area contributed by atoms with E-state index < -0.39 is 5.95 Å². The molecule has 0 aliphatic carbocycles. The van der Waals surface area contributed by atoms with Crippen LogP contribution < -0.4 is 9.64 Å². The molecule has 1 saturated heterocycles. The number of halogens is 1. The van der Waals surface area contributed by atoms with Crippen LogP contribution in [0.4, 0.5) is 10.3 Å². The van der Waals surface area contributed by atoms with E-state index in [2.05, 4.69) is 9.97 Å². The van der Waals surface area contributed by atoms with Gasteiger partial charge in [0.25, 0.3) is 0 Å². The molecule has 2 aromatic rings. The zero-order valence-electron chi connectivity index (χ0n) is 17.5. The van der Waals surface area contributed by atoms with Gasteiger partial charge in [-0.1, -0.05) is 12.1 Å². The molecular weight excluding hydrogens is 389 g/mol. The van der Waals surface area contributed by atoms with Gasteiger partial charge in [0.1, 0.15) is 12.4 Å². The fourth-order valence-electron chi connectivity index (χ4n) is 3.39. The molecular formula is C22H28FN3O4. The molecule has 1 aliphatic rings. The Labute approximate surface area is 176 Å². The number of carbonyl (C=O) groups is 1. The number of hydrogen-bond donors (Lipinski definition) is 0. The van der Waals surface area contributed by atoms with E-state index in [1.165, 1.54) is 6.20 Å². The number of rotatable bonds is 9. The fourth-order valence-corrected chi connectivity index (χ4v) is 3.39. The molecule has 1 fully saturated rings. The summed E-state index contributed by atoms with van der Waals surface area (Å²) in [6.45, 7) is 4.41. The maximum atomic E-state index is 14.6. The first-order valence-electron chi connectivity index (χ1n) is 10.2. The molecule has 3 rings (SSSR count). The van der Waals surface area contributed by atoms with Gasteiger partial charge in [-0.3, -0.25) is 4.79 Å². The van der Waals surface area contributed by atoms with Crippen LogP contribution in [0.3, 0.4) is 0 Å². The lowest BCUT2D eigenvalue weighted by molar-refractivity contribution is -0.148. The lowest BCUT2D eigenvalue weighted by Gasteiger charge is -2.30. The third-order valence-corrected chi connectivity index (χ3v) is 5.07. The monoisotopic (exact) mass is 417 g/mol. The molecule has 0 bridgehead atoms. The van der Waals surface area contributed by atoms with Crippen molar-refractivity contribution in [1.82, 2.24) is 9.97 Å². The van der Waals surface area contributed by atoms with Crippen molar-refractivity contribution in [2.75, 3.05) is 44.9 Å². The van der Waals surface area contributed by atoms with E-state index in [0.29, 0.717) is 63.7 Å². The van der Waals surface area contributed by atoms with Gasteiger partial charge in [0, 0.05) is 38.4 Å². The molecule has 8 heteroatoms. The lowest BCUT2D eigenvalue weighted by Crippen LogP contribution is -2.38. The highest BCUT2D eigenvalue weighted by Crippen LogP contribution is 2.23. The van der Waals surface area contributed by atoms with E-state index in [1.54, 1.807) is 14.0 Å². The molecule has 162 valence electrons. The molecule has 0 radical (unpaired) electrons. The molecule has 1 aromatic heterocycles. The van der Waals surface area contributed by atoms with Crippen LogP contribution in [-0.2, 0) is 20.7 Å². The van der Waals surface area contributed by atoms with Crippen LogP contribution >= 0.6 is 0 Å². The van der Waals surface area contributed by atoms with Crippen LogP contribution in [0.25, 0.3) is 0 Å². The number of ether oxygens (including phenoxy) is 3. The first kappa shape index (κ1) is 22.0. The van der Waals surface area contributed by atoms with Gasteiger partial charge in [0.05, 0.1) is 19.1 Å². The Morgan fingerprint density at radius 3 is 2.57 bits per heavy atom. The van der Waals surface area contributed by atoms with Gasteiger partial charge in [0.15, 0.2) is 0 Å². The zero-order chi connectivity index (χ0) is 21.3. The second-order valence-electron chi connectivity index (χ2n) is 7.16. The van der Waals surface area contributed by atoms with Gasteiger partial charge in [0.2, 0.25) is 11.9 Å². The van der Waals surface area contributed by atoms with E-state index in [4.69, 9.17) is 14.2 Å². The summed E-state index contributed by atoms with van der Waals surface area (Å²) >= 11 is 0. The molecule has 0 N–H and O–H groups in total. The molecule has 1 aromatic carbocycles. The number of piperidine rings is 1. The van der Waals surface area contributed by atoms with Crippen molar-refractivity contribution in [3.63, 3.8) is 0 Å². The highest BCUT2D eigenvalue weighted by molar-refractivity contribution is 5.72. The van der Waals surface area contributed by atoms with Gasteiger partial charge >= 0.3 is 5.97 Å². The molecule has 2 heterocycles.